The van der Waals surface area contributed by atoms with E-state index in [1.807, 2.05) is 37.3 Å². The molecule has 0 fully saturated rings. The van der Waals surface area contributed by atoms with Gasteiger partial charge in [-0.05, 0) is 18.9 Å². The Labute approximate surface area is 112 Å². The summed E-state index contributed by atoms with van der Waals surface area (Å²) in [5.74, 6) is -0.235. The monoisotopic (exact) mass is 258 g/mol. The highest BCUT2D eigenvalue weighted by molar-refractivity contribution is 5.97. The molecule has 1 aromatic heterocycles. The van der Waals surface area contributed by atoms with Gasteiger partial charge in [0.15, 0.2) is 5.69 Å². The summed E-state index contributed by atoms with van der Waals surface area (Å²) in [7, 11) is 1.74. The van der Waals surface area contributed by atoms with E-state index < -0.39 is 0 Å². The third-order valence-corrected chi connectivity index (χ3v) is 2.83. The molecule has 3 N–H and O–H groups in total. The average Bonchev–Trinajstić information content (AvgIpc) is 2.69. The Balaban J connectivity index is 1.97. The van der Waals surface area contributed by atoms with Gasteiger partial charge < -0.3 is 11.1 Å². The zero-order valence-corrected chi connectivity index (χ0v) is 11.1. The van der Waals surface area contributed by atoms with E-state index >= 15 is 0 Å². The van der Waals surface area contributed by atoms with Crippen molar-refractivity contribution in [1.29, 1.82) is 0 Å². The van der Waals surface area contributed by atoms with Gasteiger partial charge in [0, 0.05) is 19.3 Å². The highest BCUT2D eigenvalue weighted by Gasteiger charge is 2.16. The molecular weight excluding hydrogens is 240 g/mol. The van der Waals surface area contributed by atoms with Gasteiger partial charge in [-0.1, -0.05) is 30.3 Å². The van der Waals surface area contributed by atoms with Crippen LogP contribution in [0.4, 0.5) is 5.69 Å². The van der Waals surface area contributed by atoms with Crippen molar-refractivity contribution in [2.24, 2.45) is 7.05 Å². The first-order chi connectivity index (χ1) is 9.06. The third-order valence-electron chi connectivity index (χ3n) is 2.83. The summed E-state index contributed by atoms with van der Waals surface area (Å²) < 4.78 is 1.53. The molecule has 5 heteroatoms. The lowest BCUT2D eigenvalue weighted by molar-refractivity contribution is 0.0935. The van der Waals surface area contributed by atoms with Crippen molar-refractivity contribution in [1.82, 2.24) is 15.1 Å². The van der Waals surface area contributed by atoms with E-state index in [9.17, 15) is 4.79 Å². The maximum absolute atomic E-state index is 12.0. The van der Waals surface area contributed by atoms with Crippen molar-refractivity contribution >= 4 is 11.6 Å². The Kier molecular flexibility index (Phi) is 3.85. The molecule has 0 bridgehead atoms. The van der Waals surface area contributed by atoms with Crippen LogP contribution in [0.2, 0.25) is 0 Å². The minimum absolute atomic E-state index is 0.0244. The number of nitrogens with zero attached hydrogens (tertiary/aromatic N) is 2. The summed E-state index contributed by atoms with van der Waals surface area (Å²) in [6.45, 7) is 1.96. The molecule has 2 rings (SSSR count). The first-order valence-corrected chi connectivity index (χ1v) is 6.20. The number of amides is 1. The molecule has 1 unspecified atom stereocenters. The van der Waals surface area contributed by atoms with Crippen LogP contribution < -0.4 is 11.1 Å². The lowest BCUT2D eigenvalue weighted by Gasteiger charge is -2.13. The summed E-state index contributed by atoms with van der Waals surface area (Å²) in [5.41, 5.74) is 7.59. The summed E-state index contributed by atoms with van der Waals surface area (Å²) >= 11 is 0. The fourth-order valence-electron chi connectivity index (χ4n) is 1.99. The van der Waals surface area contributed by atoms with Crippen LogP contribution in [-0.2, 0) is 13.5 Å². The van der Waals surface area contributed by atoms with E-state index in [4.69, 9.17) is 5.73 Å². The van der Waals surface area contributed by atoms with Crippen molar-refractivity contribution < 1.29 is 4.79 Å². The van der Waals surface area contributed by atoms with Gasteiger partial charge in [-0.15, -0.1) is 0 Å². The molecule has 5 nitrogen and oxygen atoms in total. The van der Waals surface area contributed by atoms with Crippen molar-refractivity contribution in [3.05, 3.63) is 47.8 Å². The summed E-state index contributed by atoms with van der Waals surface area (Å²) in [6.07, 6.45) is 2.40. The molecule has 0 aliphatic heterocycles. The first-order valence-electron chi connectivity index (χ1n) is 6.20. The normalized spacial score (nSPS) is 12.1. The van der Waals surface area contributed by atoms with Gasteiger partial charge in [-0.2, -0.15) is 5.10 Å². The van der Waals surface area contributed by atoms with Crippen molar-refractivity contribution in [2.45, 2.75) is 19.4 Å². The van der Waals surface area contributed by atoms with Gasteiger partial charge in [-0.25, -0.2) is 0 Å². The van der Waals surface area contributed by atoms with Gasteiger partial charge in [0.2, 0.25) is 0 Å². The van der Waals surface area contributed by atoms with Gasteiger partial charge in [0.05, 0.1) is 5.69 Å². The van der Waals surface area contributed by atoms with Crippen LogP contribution >= 0.6 is 0 Å². The molecule has 1 aromatic carbocycles. The molecule has 1 atom stereocenters. The van der Waals surface area contributed by atoms with Gasteiger partial charge in [-0.3, -0.25) is 9.48 Å². The summed E-state index contributed by atoms with van der Waals surface area (Å²) in [6, 6.07) is 10.1. The zero-order chi connectivity index (χ0) is 13.8. The number of nitrogens with two attached hydrogens (primary N) is 1. The van der Waals surface area contributed by atoms with E-state index in [0.717, 1.165) is 6.42 Å². The number of anilines is 1. The lowest BCUT2D eigenvalue weighted by atomic mass is 10.1. The molecule has 2 aromatic rings. The molecule has 0 saturated heterocycles. The molecule has 1 heterocycles. The van der Waals surface area contributed by atoms with Crippen LogP contribution in [0.15, 0.2) is 36.5 Å². The SMILES string of the molecule is CC(Cc1ccccc1)NC(=O)c1nn(C)cc1N. The third kappa shape index (κ3) is 3.34. The predicted octanol–water partition coefficient (Wildman–Crippen LogP) is 1.36. The number of nitrogen functional groups attached to an aromatic ring is 1. The Morgan fingerprint density at radius 3 is 2.68 bits per heavy atom. The van der Waals surface area contributed by atoms with E-state index in [-0.39, 0.29) is 17.6 Å². The molecule has 1 amide bonds. The number of benzene rings is 1. The number of aryl methyl sites for hydroxylation is 1. The zero-order valence-electron chi connectivity index (χ0n) is 11.1. The minimum Gasteiger partial charge on any atom is -0.396 e. The predicted molar refractivity (Wildman–Crippen MR) is 74.7 cm³/mol. The smallest absolute Gasteiger partial charge is 0.274 e. The number of hydrogen-bond donors (Lipinski definition) is 2. The number of hydrogen-bond acceptors (Lipinski definition) is 3. The highest BCUT2D eigenvalue weighted by Crippen LogP contribution is 2.09. The molecule has 0 aliphatic carbocycles. The summed E-state index contributed by atoms with van der Waals surface area (Å²) in [5, 5.41) is 6.95. The molecule has 0 saturated carbocycles. The van der Waals surface area contributed by atoms with Crippen molar-refractivity contribution in [2.75, 3.05) is 5.73 Å². The maximum atomic E-state index is 12.0. The minimum atomic E-state index is -0.235. The number of carbonyl (C=O) groups excluding carboxylic acids is 1. The number of aromatic nitrogens is 2. The molecular formula is C14H18N4O. The topological polar surface area (TPSA) is 72.9 Å². The standard InChI is InChI=1S/C14H18N4O/c1-10(8-11-6-4-3-5-7-11)16-14(19)13-12(15)9-18(2)17-13/h3-7,9-10H,8,15H2,1-2H3,(H,16,19). The number of carbonyl (C=O) groups is 1. The number of nitrogens with one attached hydrogen (secondary N) is 1. The van der Waals surface area contributed by atoms with Crippen LogP contribution in [0, 0.1) is 0 Å². The average molecular weight is 258 g/mol. The molecule has 19 heavy (non-hydrogen) atoms. The van der Waals surface area contributed by atoms with Crippen LogP contribution in [0.25, 0.3) is 0 Å². The quantitative estimate of drug-likeness (QED) is 0.869. The molecule has 100 valence electrons. The van der Waals surface area contributed by atoms with Crippen LogP contribution in [-0.4, -0.2) is 21.7 Å². The second kappa shape index (κ2) is 5.56. The Morgan fingerprint density at radius 2 is 2.11 bits per heavy atom. The van der Waals surface area contributed by atoms with Gasteiger partial charge >= 0.3 is 0 Å². The van der Waals surface area contributed by atoms with E-state index in [0.29, 0.717) is 5.69 Å². The lowest BCUT2D eigenvalue weighted by Crippen LogP contribution is -2.34. The van der Waals surface area contributed by atoms with Crippen molar-refractivity contribution in [3.8, 4) is 0 Å². The Bertz CT molecular complexity index is 562. The fraction of sp³-hybridized carbons (Fsp3) is 0.286. The van der Waals surface area contributed by atoms with E-state index in [1.165, 1.54) is 10.2 Å². The molecule has 0 radical (unpaired) electrons. The highest BCUT2D eigenvalue weighted by atomic mass is 16.2. The molecule has 0 spiro atoms. The summed E-state index contributed by atoms with van der Waals surface area (Å²) in [4.78, 5) is 12.0. The van der Waals surface area contributed by atoms with Crippen LogP contribution in [0.1, 0.15) is 23.0 Å². The fourth-order valence-corrected chi connectivity index (χ4v) is 1.99. The Morgan fingerprint density at radius 1 is 1.42 bits per heavy atom. The first kappa shape index (κ1) is 13.1. The molecule has 0 aliphatic rings. The van der Waals surface area contributed by atoms with Crippen LogP contribution in [0.3, 0.4) is 0 Å². The maximum Gasteiger partial charge on any atom is 0.274 e. The Hall–Kier alpha value is -2.30. The van der Waals surface area contributed by atoms with Crippen LogP contribution in [0.5, 0.6) is 0 Å². The van der Waals surface area contributed by atoms with Crippen molar-refractivity contribution in [3.63, 3.8) is 0 Å². The van der Waals surface area contributed by atoms with E-state index in [2.05, 4.69) is 10.4 Å². The number of rotatable bonds is 4. The van der Waals surface area contributed by atoms with Gasteiger partial charge in [0.1, 0.15) is 0 Å². The largest absolute Gasteiger partial charge is 0.396 e. The second-order valence-corrected chi connectivity index (χ2v) is 4.67. The second-order valence-electron chi connectivity index (χ2n) is 4.67. The van der Waals surface area contributed by atoms with E-state index in [1.54, 1.807) is 13.2 Å². The van der Waals surface area contributed by atoms with Gasteiger partial charge in [0.25, 0.3) is 5.91 Å².